The number of rotatable bonds is 4. The Bertz CT molecular complexity index is 360. The van der Waals surface area contributed by atoms with Gasteiger partial charge in [0.15, 0.2) is 0 Å². The summed E-state index contributed by atoms with van der Waals surface area (Å²) < 4.78 is 3.72. The Morgan fingerprint density at radius 1 is 1.50 bits per heavy atom. The maximum atomic E-state index is 11.8. The molecular formula is C11H18N2O. The summed E-state index contributed by atoms with van der Waals surface area (Å²) in [6, 6.07) is 0.501. The van der Waals surface area contributed by atoms with E-state index >= 15 is 0 Å². The molecule has 1 aromatic heterocycles. The second kappa shape index (κ2) is 3.64. The van der Waals surface area contributed by atoms with E-state index in [2.05, 4.69) is 13.8 Å². The van der Waals surface area contributed by atoms with E-state index in [1.165, 1.54) is 12.8 Å². The largest absolute Gasteiger partial charge is 0.328 e. The molecule has 0 N–H and O–H groups in total. The first-order valence-corrected chi connectivity index (χ1v) is 5.49. The quantitative estimate of drug-likeness (QED) is 0.720. The second-order valence-electron chi connectivity index (χ2n) is 4.38. The molecule has 0 saturated heterocycles. The maximum Gasteiger partial charge on any atom is 0.328 e. The van der Waals surface area contributed by atoms with Crippen molar-refractivity contribution in [3.05, 3.63) is 22.9 Å². The molecule has 0 aliphatic heterocycles. The Balaban J connectivity index is 2.14. The summed E-state index contributed by atoms with van der Waals surface area (Å²) in [5.41, 5.74) is 0.174. The molecular weight excluding hydrogens is 176 g/mol. The lowest BCUT2D eigenvalue weighted by molar-refractivity contribution is 0.454. The molecule has 2 rings (SSSR count). The molecule has 14 heavy (non-hydrogen) atoms. The van der Waals surface area contributed by atoms with Crippen molar-refractivity contribution in [2.75, 3.05) is 0 Å². The highest BCUT2D eigenvalue weighted by Crippen LogP contribution is 2.33. The molecule has 78 valence electrons. The molecule has 0 amide bonds. The third-order valence-electron chi connectivity index (χ3n) is 3.02. The van der Waals surface area contributed by atoms with E-state index < -0.39 is 0 Å². The Hall–Kier alpha value is -0.990. The molecule has 1 aliphatic rings. The van der Waals surface area contributed by atoms with Crippen molar-refractivity contribution in [3.8, 4) is 0 Å². The van der Waals surface area contributed by atoms with Gasteiger partial charge in [0.05, 0.1) is 0 Å². The van der Waals surface area contributed by atoms with E-state index in [9.17, 15) is 4.79 Å². The highest BCUT2D eigenvalue weighted by molar-refractivity contribution is 4.91. The molecule has 0 aromatic carbocycles. The van der Waals surface area contributed by atoms with Crippen LogP contribution in [0.2, 0.25) is 0 Å². The van der Waals surface area contributed by atoms with Gasteiger partial charge in [0, 0.05) is 25.0 Å². The zero-order valence-corrected chi connectivity index (χ0v) is 8.94. The van der Waals surface area contributed by atoms with Crippen molar-refractivity contribution in [1.82, 2.24) is 9.13 Å². The van der Waals surface area contributed by atoms with Gasteiger partial charge in [0.1, 0.15) is 0 Å². The number of imidazole rings is 1. The average molecular weight is 194 g/mol. The van der Waals surface area contributed by atoms with Gasteiger partial charge < -0.3 is 0 Å². The molecule has 3 nitrogen and oxygen atoms in total. The van der Waals surface area contributed by atoms with Gasteiger partial charge >= 0.3 is 5.69 Å². The Kier molecular flexibility index (Phi) is 2.48. The van der Waals surface area contributed by atoms with Crippen molar-refractivity contribution >= 4 is 0 Å². The molecule has 1 unspecified atom stereocenters. The van der Waals surface area contributed by atoms with Crippen molar-refractivity contribution in [2.24, 2.45) is 5.92 Å². The fourth-order valence-corrected chi connectivity index (χ4v) is 1.66. The number of aromatic nitrogens is 2. The van der Waals surface area contributed by atoms with Gasteiger partial charge in [-0.3, -0.25) is 9.13 Å². The van der Waals surface area contributed by atoms with E-state index in [1.807, 2.05) is 21.5 Å². The maximum absolute atomic E-state index is 11.8. The summed E-state index contributed by atoms with van der Waals surface area (Å²) in [5.74, 6) is 0.586. The summed E-state index contributed by atoms with van der Waals surface area (Å²) in [4.78, 5) is 11.8. The van der Waals surface area contributed by atoms with Gasteiger partial charge in [-0.15, -0.1) is 0 Å². The first kappa shape index (κ1) is 9.56. The van der Waals surface area contributed by atoms with Crippen LogP contribution in [-0.4, -0.2) is 9.13 Å². The van der Waals surface area contributed by atoms with Gasteiger partial charge in [0.25, 0.3) is 0 Å². The summed E-state index contributed by atoms with van der Waals surface area (Å²) in [6.45, 7) is 5.20. The first-order valence-electron chi connectivity index (χ1n) is 5.49. The van der Waals surface area contributed by atoms with Gasteiger partial charge in [-0.05, 0) is 18.8 Å². The van der Waals surface area contributed by atoms with Crippen LogP contribution in [0.3, 0.4) is 0 Å². The van der Waals surface area contributed by atoms with Crippen LogP contribution < -0.4 is 5.69 Å². The van der Waals surface area contributed by atoms with Crippen LogP contribution in [-0.2, 0) is 6.54 Å². The van der Waals surface area contributed by atoms with Gasteiger partial charge in [-0.1, -0.05) is 20.3 Å². The molecule has 1 aromatic rings. The van der Waals surface area contributed by atoms with Crippen molar-refractivity contribution in [2.45, 2.75) is 45.7 Å². The fraction of sp³-hybridized carbons (Fsp3) is 0.727. The minimum absolute atomic E-state index is 0.174. The molecule has 1 atom stereocenters. The molecule has 1 aliphatic carbocycles. The molecule has 3 heteroatoms. The fourth-order valence-electron chi connectivity index (χ4n) is 1.66. The predicted octanol–water partition coefficient (Wildman–Crippen LogP) is 2.03. The topological polar surface area (TPSA) is 26.9 Å². The van der Waals surface area contributed by atoms with Gasteiger partial charge in [0.2, 0.25) is 0 Å². The Labute approximate surface area is 84.4 Å². The van der Waals surface area contributed by atoms with Crippen LogP contribution in [0.1, 0.15) is 39.2 Å². The molecule has 0 bridgehead atoms. The predicted molar refractivity (Wildman–Crippen MR) is 56.4 cm³/mol. The highest BCUT2D eigenvalue weighted by Gasteiger charge is 2.25. The minimum Gasteiger partial charge on any atom is -0.299 e. The van der Waals surface area contributed by atoms with E-state index in [-0.39, 0.29) is 5.69 Å². The lowest BCUT2D eigenvalue weighted by Crippen LogP contribution is -2.25. The van der Waals surface area contributed by atoms with E-state index in [1.54, 1.807) is 0 Å². The van der Waals surface area contributed by atoms with Gasteiger partial charge in [-0.25, -0.2) is 4.79 Å². The Morgan fingerprint density at radius 3 is 2.79 bits per heavy atom. The Morgan fingerprint density at radius 2 is 2.21 bits per heavy atom. The van der Waals surface area contributed by atoms with Crippen LogP contribution >= 0.6 is 0 Å². The molecule has 0 radical (unpaired) electrons. The monoisotopic (exact) mass is 194 g/mol. The average Bonchev–Trinajstić information content (AvgIpc) is 2.95. The number of hydrogen-bond donors (Lipinski definition) is 0. The standard InChI is InChI=1S/C11H18N2O/c1-3-9(2)8-12-6-7-13(11(12)14)10-4-5-10/h6-7,9-10H,3-5,8H2,1-2H3. The smallest absolute Gasteiger partial charge is 0.299 e. The zero-order valence-electron chi connectivity index (χ0n) is 8.94. The molecule has 1 fully saturated rings. The zero-order chi connectivity index (χ0) is 10.1. The minimum atomic E-state index is 0.174. The summed E-state index contributed by atoms with van der Waals surface area (Å²) in [5, 5.41) is 0. The van der Waals surface area contributed by atoms with Crippen LogP contribution in [0.15, 0.2) is 17.2 Å². The highest BCUT2D eigenvalue weighted by atomic mass is 16.1. The van der Waals surface area contributed by atoms with Gasteiger partial charge in [-0.2, -0.15) is 0 Å². The first-order chi connectivity index (χ1) is 6.72. The number of nitrogens with zero attached hydrogens (tertiary/aromatic N) is 2. The molecule has 1 saturated carbocycles. The third kappa shape index (κ3) is 1.76. The van der Waals surface area contributed by atoms with Crippen LogP contribution in [0, 0.1) is 5.92 Å². The van der Waals surface area contributed by atoms with Crippen molar-refractivity contribution in [3.63, 3.8) is 0 Å². The SMILES string of the molecule is CCC(C)Cn1ccn(C2CC2)c1=O. The normalized spacial score (nSPS) is 18.4. The van der Waals surface area contributed by atoms with E-state index in [0.29, 0.717) is 12.0 Å². The third-order valence-corrected chi connectivity index (χ3v) is 3.02. The van der Waals surface area contributed by atoms with Crippen LogP contribution in [0.4, 0.5) is 0 Å². The van der Waals surface area contributed by atoms with Crippen LogP contribution in [0.25, 0.3) is 0 Å². The summed E-state index contributed by atoms with van der Waals surface area (Å²) in [6.07, 6.45) is 7.33. The lowest BCUT2D eigenvalue weighted by Gasteiger charge is -2.07. The number of hydrogen-bond acceptors (Lipinski definition) is 1. The summed E-state index contributed by atoms with van der Waals surface area (Å²) >= 11 is 0. The van der Waals surface area contributed by atoms with Crippen molar-refractivity contribution in [1.29, 1.82) is 0 Å². The van der Waals surface area contributed by atoms with E-state index in [0.717, 1.165) is 13.0 Å². The lowest BCUT2D eigenvalue weighted by atomic mass is 10.1. The van der Waals surface area contributed by atoms with E-state index in [4.69, 9.17) is 0 Å². The van der Waals surface area contributed by atoms with Crippen LogP contribution in [0.5, 0.6) is 0 Å². The molecule has 0 spiro atoms. The summed E-state index contributed by atoms with van der Waals surface area (Å²) in [7, 11) is 0. The van der Waals surface area contributed by atoms with Crippen molar-refractivity contribution < 1.29 is 0 Å². The second-order valence-corrected chi connectivity index (χ2v) is 4.38. The molecule has 1 heterocycles.